The van der Waals surface area contributed by atoms with Crippen molar-refractivity contribution in [3.05, 3.63) is 46.8 Å². The van der Waals surface area contributed by atoms with Crippen LogP contribution in [0, 0.1) is 0 Å². The van der Waals surface area contributed by atoms with Crippen molar-refractivity contribution in [1.82, 2.24) is 10.2 Å². The molecule has 9 heteroatoms. The monoisotopic (exact) mass is 439 g/mol. The second kappa shape index (κ2) is 9.44. The molecule has 3 amide bonds. The average Bonchev–Trinajstić information content (AvgIpc) is 3.06. The van der Waals surface area contributed by atoms with E-state index in [1.165, 1.54) is 29.8 Å². The van der Waals surface area contributed by atoms with Crippen LogP contribution in [0.15, 0.2) is 50.4 Å². The van der Waals surface area contributed by atoms with Gasteiger partial charge in [-0.1, -0.05) is 12.1 Å². The Morgan fingerprint density at radius 3 is 2.58 bits per heavy atom. The molecule has 1 heterocycles. The number of amides is 3. The Bertz CT molecular complexity index is 809. The van der Waals surface area contributed by atoms with Gasteiger partial charge < -0.3 is 20.0 Å². The second-order valence-corrected chi connectivity index (χ2v) is 6.91. The van der Waals surface area contributed by atoms with E-state index in [0.29, 0.717) is 10.4 Å². The van der Waals surface area contributed by atoms with Gasteiger partial charge in [-0.2, -0.15) is 0 Å². The smallest absolute Gasteiger partial charge is 0.287 e. The van der Waals surface area contributed by atoms with Crippen LogP contribution in [-0.2, 0) is 9.59 Å². The van der Waals surface area contributed by atoms with Crippen LogP contribution in [-0.4, -0.2) is 49.0 Å². The van der Waals surface area contributed by atoms with E-state index in [9.17, 15) is 14.4 Å². The van der Waals surface area contributed by atoms with Gasteiger partial charge in [0.2, 0.25) is 11.8 Å². The first-order valence-electron chi connectivity index (χ1n) is 7.61. The molecule has 0 aliphatic heterocycles. The van der Waals surface area contributed by atoms with Crippen molar-refractivity contribution in [3.8, 4) is 0 Å². The second-order valence-electron chi connectivity index (χ2n) is 5.28. The molecular formula is C17H18BrN3O4S. The van der Waals surface area contributed by atoms with Crippen LogP contribution in [0.25, 0.3) is 0 Å². The Morgan fingerprint density at radius 2 is 1.92 bits per heavy atom. The fraction of sp³-hybridized carbons (Fsp3) is 0.235. The number of nitrogens with zero attached hydrogens (tertiary/aromatic N) is 1. The van der Waals surface area contributed by atoms with Crippen molar-refractivity contribution < 1.29 is 18.8 Å². The van der Waals surface area contributed by atoms with Crippen molar-refractivity contribution in [3.63, 3.8) is 0 Å². The lowest BCUT2D eigenvalue weighted by Crippen LogP contribution is -2.41. The zero-order valence-electron chi connectivity index (χ0n) is 14.2. The fourth-order valence-electron chi connectivity index (χ4n) is 2.06. The third-order valence-electron chi connectivity index (χ3n) is 3.38. The summed E-state index contributed by atoms with van der Waals surface area (Å²) in [5.41, 5.74) is 0.697. The van der Waals surface area contributed by atoms with Gasteiger partial charge in [-0.15, -0.1) is 11.8 Å². The van der Waals surface area contributed by atoms with E-state index in [-0.39, 0.29) is 24.8 Å². The van der Waals surface area contributed by atoms with Crippen molar-refractivity contribution in [2.24, 2.45) is 0 Å². The highest BCUT2D eigenvalue weighted by atomic mass is 79.9. The fourth-order valence-corrected chi connectivity index (χ4v) is 2.92. The van der Waals surface area contributed by atoms with Crippen molar-refractivity contribution in [2.45, 2.75) is 4.90 Å². The first-order chi connectivity index (χ1) is 12.4. The highest BCUT2D eigenvalue weighted by molar-refractivity contribution is 9.10. The zero-order chi connectivity index (χ0) is 19.1. The number of carbonyl (C=O) groups is 3. The van der Waals surface area contributed by atoms with Crippen LogP contribution in [0.2, 0.25) is 0 Å². The summed E-state index contributed by atoms with van der Waals surface area (Å²) in [6, 6.07) is 10.5. The van der Waals surface area contributed by atoms with E-state index in [2.05, 4.69) is 26.6 Å². The lowest BCUT2D eigenvalue weighted by atomic mass is 10.3. The minimum atomic E-state index is -0.504. The van der Waals surface area contributed by atoms with Gasteiger partial charge >= 0.3 is 0 Å². The van der Waals surface area contributed by atoms with E-state index in [1.54, 1.807) is 12.1 Å². The van der Waals surface area contributed by atoms with Crippen LogP contribution < -0.4 is 10.6 Å². The SMILES string of the molecule is CSc1ccccc1NC(=O)CN(C)C(=O)CNC(=O)c1ccc(Br)o1. The number of hydrogen-bond acceptors (Lipinski definition) is 5. The molecule has 0 bridgehead atoms. The molecule has 0 radical (unpaired) electrons. The van der Waals surface area contributed by atoms with E-state index in [1.807, 2.05) is 24.5 Å². The summed E-state index contributed by atoms with van der Waals surface area (Å²) in [5.74, 6) is -1.12. The van der Waals surface area contributed by atoms with E-state index < -0.39 is 11.8 Å². The first-order valence-corrected chi connectivity index (χ1v) is 9.63. The molecule has 2 N–H and O–H groups in total. The molecule has 0 fully saturated rings. The van der Waals surface area contributed by atoms with Crippen LogP contribution >= 0.6 is 27.7 Å². The molecule has 2 aromatic rings. The molecule has 0 atom stereocenters. The Kier molecular flexibility index (Phi) is 7.28. The lowest BCUT2D eigenvalue weighted by Gasteiger charge is -2.17. The largest absolute Gasteiger partial charge is 0.444 e. The number of nitrogens with one attached hydrogen (secondary N) is 2. The third-order valence-corrected chi connectivity index (χ3v) is 4.61. The molecule has 0 aliphatic carbocycles. The van der Waals surface area contributed by atoms with Gasteiger partial charge in [0.1, 0.15) is 0 Å². The minimum absolute atomic E-state index is 0.0961. The zero-order valence-corrected chi connectivity index (χ0v) is 16.6. The summed E-state index contributed by atoms with van der Waals surface area (Å²) in [4.78, 5) is 38.2. The standard InChI is InChI=1S/C17H18BrN3O4S/c1-21(10-15(22)20-11-5-3-4-6-13(11)26-2)16(23)9-19-17(24)12-7-8-14(18)25-12/h3-8H,9-10H2,1-2H3,(H,19,24)(H,20,22). The van der Waals surface area contributed by atoms with Gasteiger partial charge in [0.25, 0.3) is 5.91 Å². The molecule has 1 aromatic carbocycles. The molecule has 1 aromatic heterocycles. The molecule has 138 valence electrons. The molecule has 0 aliphatic rings. The van der Waals surface area contributed by atoms with Crippen LogP contribution in [0.4, 0.5) is 5.69 Å². The van der Waals surface area contributed by atoms with E-state index >= 15 is 0 Å². The molecular weight excluding hydrogens is 422 g/mol. The Hall–Kier alpha value is -2.26. The summed E-state index contributed by atoms with van der Waals surface area (Å²) in [6.45, 7) is -0.355. The molecule has 0 spiro atoms. The maximum Gasteiger partial charge on any atom is 0.287 e. The highest BCUT2D eigenvalue weighted by Crippen LogP contribution is 2.24. The lowest BCUT2D eigenvalue weighted by molar-refractivity contribution is -0.132. The van der Waals surface area contributed by atoms with Gasteiger partial charge in [0.05, 0.1) is 18.8 Å². The third kappa shape index (κ3) is 5.63. The molecule has 7 nitrogen and oxygen atoms in total. The van der Waals surface area contributed by atoms with Crippen LogP contribution in [0.1, 0.15) is 10.6 Å². The average molecular weight is 440 g/mol. The predicted molar refractivity (Wildman–Crippen MR) is 103 cm³/mol. The maximum atomic E-state index is 12.1. The van der Waals surface area contributed by atoms with Crippen LogP contribution in [0.5, 0.6) is 0 Å². The Balaban J connectivity index is 1.82. The highest BCUT2D eigenvalue weighted by Gasteiger charge is 2.16. The van der Waals surface area contributed by atoms with Crippen LogP contribution in [0.3, 0.4) is 0 Å². The predicted octanol–water partition coefficient (Wildman–Crippen LogP) is 2.59. The van der Waals surface area contributed by atoms with Gasteiger partial charge in [-0.05, 0) is 46.5 Å². The van der Waals surface area contributed by atoms with Crippen molar-refractivity contribution in [2.75, 3.05) is 31.7 Å². The molecule has 0 saturated heterocycles. The van der Waals surface area contributed by atoms with Gasteiger partial charge in [-0.25, -0.2) is 0 Å². The summed E-state index contributed by atoms with van der Waals surface area (Å²) < 4.78 is 5.53. The number of thioether (sulfide) groups is 1. The normalized spacial score (nSPS) is 10.3. The number of anilines is 1. The number of benzene rings is 1. The number of furan rings is 1. The number of rotatable bonds is 7. The topological polar surface area (TPSA) is 91.7 Å². The summed E-state index contributed by atoms with van der Waals surface area (Å²) in [7, 11) is 1.50. The Labute approximate surface area is 163 Å². The van der Waals surface area contributed by atoms with E-state index in [0.717, 1.165) is 4.90 Å². The number of hydrogen-bond donors (Lipinski definition) is 2. The van der Waals surface area contributed by atoms with E-state index in [4.69, 9.17) is 4.42 Å². The number of para-hydroxylation sites is 1. The summed E-state index contributed by atoms with van der Waals surface area (Å²) >= 11 is 4.62. The quantitative estimate of drug-likeness (QED) is 0.646. The van der Waals surface area contributed by atoms with Gasteiger partial charge in [-0.3, -0.25) is 14.4 Å². The Morgan fingerprint density at radius 1 is 1.19 bits per heavy atom. The molecule has 2 rings (SSSR count). The molecule has 0 saturated carbocycles. The minimum Gasteiger partial charge on any atom is -0.444 e. The van der Waals surface area contributed by atoms with Gasteiger partial charge in [0, 0.05) is 11.9 Å². The summed E-state index contributed by atoms with van der Waals surface area (Å²) in [5, 5.41) is 5.23. The van der Waals surface area contributed by atoms with Gasteiger partial charge in [0.15, 0.2) is 10.4 Å². The molecule has 0 unspecified atom stereocenters. The summed E-state index contributed by atoms with van der Waals surface area (Å²) in [6.07, 6.45) is 1.92. The maximum absolute atomic E-state index is 12.1. The van der Waals surface area contributed by atoms with Crippen molar-refractivity contribution in [1.29, 1.82) is 0 Å². The van der Waals surface area contributed by atoms with Crippen molar-refractivity contribution >= 4 is 51.1 Å². The number of likely N-dealkylation sites (N-methyl/N-ethyl adjacent to an activating group) is 1. The first kappa shape index (κ1) is 20.1. The number of halogens is 1. The number of carbonyl (C=O) groups excluding carboxylic acids is 3. The molecule has 26 heavy (non-hydrogen) atoms.